The van der Waals surface area contributed by atoms with Crippen molar-refractivity contribution in [2.24, 2.45) is 4.99 Å². The van der Waals surface area contributed by atoms with Crippen molar-refractivity contribution >= 4 is 60.6 Å². The van der Waals surface area contributed by atoms with Crippen molar-refractivity contribution in [1.29, 1.82) is 0 Å². The summed E-state index contributed by atoms with van der Waals surface area (Å²) >= 11 is 0. The van der Waals surface area contributed by atoms with Gasteiger partial charge >= 0.3 is 0 Å². The van der Waals surface area contributed by atoms with Gasteiger partial charge in [-0.1, -0.05) is 194 Å². The Hall–Kier alpha value is -8.01. The van der Waals surface area contributed by atoms with Crippen LogP contribution in [0.15, 0.2) is 222 Å². The van der Waals surface area contributed by atoms with E-state index in [1.165, 1.54) is 71.7 Å². The van der Waals surface area contributed by atoms with Gasteiger partial charge in [0.15, 0.2) is 0 Å². The molecule has 0 amide bonds. The highest BCUT2D eigenvalue weighted by molar-refractivity contribution is 6.23. The Kier molecular flexibility index (Phi) is 7.80. The Labute approximate surface area is 365 Å². The van der Waals surface area contributed by atoms with Crippen molar-refractivity contribution in [2.45, 2.75) is 5.41 Å². The molecule has 3 heteroatoms. The summed E-state index contributed by atoms with van der Waals surface area (Å²) in [5.41, 5.74) is 17.8. The van der Waals surface area contributed by atoms with Crippen LogP contribution in [-0.4, -0.2) is 19.3 Å². The minimum atomic E-state index is -0.571. The van der Waals surface area contributed by atoms with Crippen LogP contribution in [0, 0.1) is 0 Å². The Bertz CT molecular complexity index is 3620. The quantitative estimate of drug-likeness (QED) is 0.162. The molecule has 63 heavy (non-hydrogen) atoms. The summed E-state index contributed by atoms with van der Waals surface area (Å²) in [6.07, 6.45) is 0. The lowest BCUT2D eigenvalue weighted by molar-refractivity contribution is 0.670. The number of hydrogen-bond donors (Lipinski definition) is 0. The molecule has 1 aliphatic heterocycles. The standard InChI is InChI=1S/C60H40N2O/c1-62-37-55(61-57-50-22-10-8-19-45(50)46-20-9-11-23-51(46)58(57)62)41-32-34-48-47-33-31-40(35-53(47)60(54(48)36-41,42-15-4-2-5-16-42)43-17-6-3-7-18-43)38-27-29-39(30-28-38)44-24-14-25-52-49-21-12-13-26-56(49)63-59(44)52/h2-36H,37H2,1H3. The lowest BCUT2D eigenvalue weighted by Crippen LogP contribution is -2.31. The lowest BCUT2D eigenvalue weighted by Gasteiger charge is -2.34. The highest BCUT2D eigenvalue weighted by Crippen LogP contribution is 2.57. The van der Waals surface area contributed by atoms with Crippen molar-refractivity contribution in [3.63, 3.8) is 0 Å². The van der Waals surface area contributed by atoms with Gasteiger partial charge in [-0.05, 0) is 84.6 Å². The van der Waals surface area contributed by atoms with Crippen LogP contribution in [0.3, 0.4) is 0 Å². The van der Waals surface area contributed by atoms with Crippen molar-refractivity contribution < 1.29 is 4.42 Å². The zero-order valence-corrected chi connectivity index (χ0v) is 34.7. The van der Waals surface area contributed by atoms with Gasteiger partial charge in [-0.15, -0.1) is 0 Å². The number of benzene rings is 10. The number of rotatable bonds is 5. The molecule has 2 heterocycles. The van der Waals surface area contributed by atoms with Crippen LogP contribution in [-0.2, 0) is 5.41 Å². The zero-order valence-electron chi connectivity index (χ0n) is 34.7. The molecule has 0 N–H and O–H groups in total. The van der Waals surface area contributed by atoms with Gasteiger partial charge in [0.2, 0.25) is 0 Å². The van der Waals surface area contributed by atoms with E-state index in [2.05, 4.69) is 212 Å². The van der Waals surface area contributed by atoms with E-state index in [1.54, 1.807) is 0 Å². The number of fused-ring (bicyclic) bond motifs is 12. The van der Waals surface area contributed by atoms with Crippen molar-refractivity contribution in [3.8, 4) is 33.4 Å². The van der Waals surface area contributed by atoms with Gasteiger partial charge in [0, 0.05) is 34.2 Å². The first-order valence-electron chi connectivity index (χ1n) is 21.8. The second kappa shape index (κ2) is 13.8. The maximum absolute atomic E-state index is 6.43. The van der Waals surface area contributed by atoms with Crippen LogP contribution in [0.2, 0.25) is 0 Å². The SMILES string of the molecule is CN1CC(c2ccc3c(c2)C(c2ccccc2)(c2ccccc2)c2cc(-c4ccc(-c5cccc6c5oc5ccccc56)cc4)ccc2-3)=Nc2c1c1ccccc1c1ccccc21. The fourth-order valence-electron chi connectivity index (χ4n) is 10.9. The molecule has 0 spiro atoms. The zero-order chi connectivity index (χ0) is 41.6. The molecule has 0 fully saturated rings. The molecule has 0 bridgehead atoms. The van der Waals surface area contributed by atoms with Crippen molar-refractivity contribution in [1.82, 2.24) is 0 Å². The Morgan fingerprint density at radius 3 is 1.65 bits per heavy atom. The Balaban J connectivity index is 0.979. The molecule has 1 aliphatic carbocycles. The molecular formula is C60H40N2O. The third-order valence-corrected chi connectivity index (χ3v) is 13.7. The summed E-state index contributed by atoms with van der Waals surface area (Å²) in [6.45, 7) is 0.704. The number of para-hydroxylation sites is 2. The van der Waals surface area contributed by atoms with Crippen LogP contribution in [0.1, 0.15) is 27.8 Å². The fraction of sp³-hybridized carbons (Fsp3) is 0.0500. The molecule has 0 radical (unpaired) electrons. The molecule has 3 nitrogen and oxygen atoms in total. The first kappa shape index (κ1) is 35.7. The molecule has 1 aromatic heterocycles. The minimum absolute atomic E-state index is 0.571. The maximum Gasteiger partial charge on any atom is 0.143 e. The predicted octanol–water partition coefficient (Wildman–Crippen LogP) is 15.2. The molecule has 0 saturated heterocycles. The van der Waals surface area contributed by atoms with Crippen LogP contribution in [0.5, 0.6) is 0 Å². The molecular weight excluding hydrogens is 765 g/mol. The third kappa shape index (κ3) is 5.23. The van der Waals surface area contributed by atoms with Crippen LogP contribution < -0.4 is 4.90 Å². The molecule has 0 unspecified atom stereocenters. The largest absolute Gasteiger partial charge is 0.455 e. The molecule has 10 aromatic carbocycles. The number of aliphatic imine (C=N–C) groups is 1. The smallest absolute Gasteiger partial charge is 0.143 e. The van der Waals surface area contributed by atoms with Crippen LogP contribution in [0.4, 0.5) is 11.4 Å². The van der Waals surface area contributed by atoms with Gasteiger partial charge in [0.1, 0.15) is 11.2 Å². The number of nitrogens with zero attached hydrogens (tertiary/aromatic N) is 2. The van der Waals surface area contributed by atoms with Gasteiger partial charge in [-0.25, -0.2) is 4.99 Å². The first-order chi connectivity index (χ1) is 31.1. The summed E-state index contributed by atoms with van der Waals surface area (Å²) < 4.78 is 6.43. The topological polar surface area (TPSA) is 28.7 Å². The summed E-state index contributed by atoms with van der Waals surface area (Å²) in [4.78, 5) is 7.99. The highest BCUT2D eigenvalue weighted by Gasteiger charge is 2.46. The molecule has 296 valence electrons. The van der Waals surface area contributed by atoms with Gasteiger partial charge in [-0.2, -0.15) is 0 Å². The van der Waals surface area contributed by atoms with Crippen molar-refractivity contribution in [3.05, 3.63) is 240 Å². The lowest BCUT2D eigenvalue weighted by atomic mass is 9.67. The number of likely N-dealkylation sites (N-methyl/N-ethyl adjacent to an activating group) is 1. The van der Waals surface area contributed by atoms with Crippen LogP contribution in [0.25, 0.3) is 76.9 Å². The van der Waals surface area contributed by atoms with E-state index in [9.17, 15) is 0 Å². The molecule has 0 saturated carbocycles. The van der Waals surface area contributed by atoms with E-state index in [4.69, 9.17) is 9.41 Å². The van der Waals surface area contributed by atoms with E-state index < -0.39 is 5.41 Å². The average molecular weight is 805 g/mol. The number of furan rings is 1. The van der Waals surface area contributed by atoms with E-state index >= 15 is 0 Å². The predicted molar refractivity (Wildman–Crippen MR) is 263 cm³/mol. The summed E-state index contributed by atoms with van der Waals surface area (Å²) in [7, 11) is 2.21. The number of hydrogen-bond acceptors (Lipinski definition) is 3. The molecule has 11 aromatic rings. The maximum atomic E-state index is 6.43. The average Bonchev–Trinajstić information content (AvgIpc) is 3.88. The summed E-state index contributed by atoms with van der Waals surface area (Å²) in [5, 5.41) is 7.20. The van der Waals surface area contributed by atoms with Gasteiger partial charge < -0.3 is 9.32 Å². The Morgan fingerprint density at radius 2 is 0.952 bits per heavy atom. The van der Waals surface area contributed by atoms with E-state index in [1.807, 2.05) is 12.1 Å². The van der Waals surface area contributed by atoms with Gasteiger partial charge in [0.25, 0.3) is 0 Å². The summed E-state index contributed by atoms with van der Waals surface area (Å²) in [6, 6.07) is 77.5. The minimum Gasteiger partial charge on any atom is -0.455 e. The van der Waals surface area contributed by atoms with E-state index in [0.717, 1.165) is 50.0 Å². The fourth-order valence-corrected chi connectivity index (χ4v) is 10.9. The normalized spacial score (nSPS) is 13.9. The molecule has 2 aliphatic rings. The highest BCUT2D eigenvalue weighted by atomic mass is 16.3. The monoisotopic (exact) mass is 804 g/mol. The summed E-state index contributed by atoms with van der Waals surface area (Å²) in [5.74, 6) is 0. The Morgan fingerprint density at radius 1 is 0.429 bits per heavy atom. The van der Waals surface area contributed by atoms with Crippen molar-refractivity contribution in [2.75, 3.05) is 18.5 Å². The van der Waals surface area contributed by atoms with Crippen LogP contribution >= 0.6 is 0 Å². The first-order valence-corrected chi connectivity index (χ1v) is 21.8. The number of anilines is 1. The van der Waals surface area contributed by atoms with Gasteiger partial charge in [0.05, 0.1) is 29.0 Å². The molecule has 0 atom stereocenters. The van der Waals surface area contributed by atoms with Gasteiger partial charge in [-0.3, -0.25) is 0 Å². The van der Waals surface area contributed by atoms with E-state index in [0.29, 0.717) is 6.54 Å². The van der Waals surface area contributed by atoms with E-state index in [-0.39, 0.29) is 0 Å². The second-order valence-electron chi connectivity index (χ2n) is 17.1. The second-order valence-corrected chi connectivity index (χ2v) is 17.1. The molecule has 13 rings (SSSR count). The third-order valence-electron chi connectivity index (χ3n) is 13.7.